The molecule has 1 aliphatic rings. The lowest BCUT2D eigenvalue weighted by atomic mass is 9.87. The Morgan fingerprint density at radius 3 is 2.44 bits per heavy atom. The van der Waals surface area contributed by atoms with Crippen LogP contribution in [0.2, 0.25) is 5.02 Å². The minimum absolute atomic E-state index is 0.225. The minimum atomic E-state index is -3.82. The third-order valence-electron chi connectivity index (χ3n) is 6.52. The van der Waals surface area contributed by atoms with Crippen LogP contribution >= 0.6 is 11.6 Å². The van der Waals surface area contributed by atoms with Gasteiger partial charge in [0.05, 0.1) is 9.92 Å². The van der Waals surface area contributed by atoms with E-state index in [1.165, 1.54) is 19.0 Å². The highest BCUT2D eigenvalue weighted by molar-refractivity contribution is 7.92. The first-order valence-corrected chi connectivity index (χ1v) is 13.3. The number of sulfone groups is 1. The molecule has 0 amide bonds. The monoisotopic (exact) mass is 495 g/mol. The molecule has 0 radical (unpaired) electrons. The fraction of sp³-hybridized carbons (Fsp3) is 0.320. The van der Waals surface area contributed by atoms with Crippen molar-refractivity contribution in [1.82, 2.24) is 19.9 Å². The Morgan fingerprint density at radius 1 is 1.03 bits per heavy atom. The summed E-state index contributed by atoms with van der Waals surface area (Å²) in [5.41, 5.74) is 1.60. The number of hydrogen-bond donors (Lipinski definition) is 2. The predicted octanol–water partition coefficient (Wildman–Crippen LogP) is 5.56. The van der Waals surface area contributed by atoms with Gasteiger partial charge in [-0.25, -0.2) is 23.4 Å². The van der Waals surface area contributed by atoms with Gasteiger partial charge in [0.15, 0.2) is 9.84 Å². The Bertz CT molecular complexity index is 1380. The second kappa shape index (κ2) is 9.35. The number of nitrogens with one attached hydrogen (secondary N) is 2. The Kier molecular flexibility index (Phi) is 6.27. The standard InChI is InChI=1S/C25H26ClN5O2S/c1-16-7-9-19(10-8-16)31-25-29-12-17(13-30-25)23(34(32,33)20-5-3-2-4-6-20)22-15-28-24-21(22)11-18(26)14-27-24/h2-6,11-16,19,23H,7-10H2,1H3,(H,27,28)(H,29,30,31). The Hall–Kier alpha value is -2.97. The number of halogens is 1. The Balaban J connectivity index is 1.54. The van der Waals surface area contributed by atoms with Crippen molar-refractivity contribution in [1.29, 1.82) is 0 Å². The van der Waals surface area contributed by atoms with E-state index < -0.39 is 15.1 Å². The van der Waals surface area contributed by atoms with Crippen LogP contribution in [0.5, 0.6) is 0 Å². The molecule has 0 spiro atoms. The van der Waals surface area contributed by atoms with Crippen molar-refractivity contribution in [3.63, 3.8) is 0 Å². The molecule has 1 fully saturated rings. The molecule has 9 heteroatoms. The van der Waals surface area contributed by atoms with Crippen molar-refractivity contribution < 1.29 is 8.42 Å². The van der Waals surface area contributed by atoms with Crippen molar-refractivity contribution in [2.75, 3.05) is 5.32 Å². The van der Waals surface area contributed by atoms with Crippen LogP contribution in [0.25, 0.3) is 11.0 Å². The summed E-state index contributed by atoms with van der Waals surface area (Å²) in [7, 11) is -3.82. The zero-order valence-corrected chi connectivity index (χ0v) is 20.4. The molecule has 2 N–H and O–H groups in total. The van der Waals surface area contributed by atoms with Gasteiger partial charge >= 0.3 is 0 Å². The maximum Gasteiger partial charge on any atom is 0.222 e. The average molecular weight is 496 g/mol. The summed E-state index contributed by atoms with van der Waals surface area (Å²) < 4.78 is 27.7. The smallest absolute Gasteiger partial charge is 0.222 e. The number of benzene rings is 1. The highest BCUT2D eigenvalue weighted by Gasteiger charge is 2.33. The van der Waals surface area contributed by atoms with Gasteiger partial charge in [-0.3, -0.25) is 0 Å². The molecule has 34 heavy (non-hydrogen) atoms. The first-order chi connectivity index (χ1) is 16.4. The van der Waals surface area contributed by atoms with E-state index in [1.54, 1.807) is 55.0 Å². The summed E-state index contributed by atoms with van der Waals surface area (Å²) in [5, 5.41) is 3.47. The molecule has 0 aliphatic heterocycles. The number of rotatable bonds is 6. The lowest BCUT2D eigenvalue weighted by molar-refractivity contribution is 0.360. The van der Waals surface area contributed by atoms with Gasteiger partial charge in [-0.1, -0.05) is 36.7 Å². The van der Waals surface area contributed by atoms with Crippen LogP contribution in [0.15, 0.2) is 66.1 Å². The summed E-state index contributed by atoms with van der Waals surface area (Å²) in [6, 6.07) is 10.5. The second-order valence-corrected chi connectivity index (χ2v) is 11.4. The molecule has 3 aromatic heterocycles. The quantitative estimate of drug-likeness (QED) is 0.363. The van der Waals surface area contributed by atoms with Crippen LogP contribution in [-0.4, -0.2) is 34.4 Å². The molecule has 1 saturated carbocycles. The maximum atomic E-state index is 13.9. The number of aromatic amines is 1. The normalized spacial score (nSPS) is 19.7. The number of anilines is 1. The second-order valence-electron chi connectivity index (χ2n) is 8.97. The Morgan fingerprint density at radius 2 is 1.74 bits per heavy atom. The van der Waals surface area contributed by atoms with E-state index >= 15 is 0 Å². The third-order valence-corrected chi connectivity index (χ3v) is 8.80. The van der Waals surface area contributed by atoms with Crippen molar-refractivity contribution in [2.45, 2.75) is 48.8 Å². The first-order valence-electron chi connectivity index (χ1n) is 11.4. The number of aromatic nitrogens is 4. The summed E-state index contributed by atoms with van der Waals surface area (Å²) in [4.78, 5) is 16.6. The molecule has 5 rings (SSSR count). The van der Waals surface area contributed by atoms with Crippen LogP contribution in [-0.2, 0) is 9.84 Å². The molecule has 4 aromatic rings. The largest absolute Gasteiger partial charge is 0.351 e. The summed E-state index contributed by atoms with van der Waals surface area (Å²) in [6.45, 7) is 2.28. The molecule has 176 valence electrons. The molecular weight excluding hydrogens is 470 g/mol. The number of nitrogens with zero attached hydrogens (tertiary/aromatic N) is 3. The van der Waals surface area contributed by atoms with E-state index in [4.69, 9.17) is 11.6 Å². The van der Waals surface area contributed by atoms with E-state index in [0.29, 0.717) is 39.2 Å². The van der Waals surface area contributed by atoms with Crippen LogP contribution in [0, 0.1) is 5.92 Å². The predicted molar refractivity (Wildman–Crippen MR) is 134 cm³/mol. The van der Waals surface area contributed by atoms with E-state index in [9.17, 15) is 8.42 Å². The van der Waals surface area contributed by atoms with E-state index in [-0.39, 0.29) is 4.90 Å². The number of pyridine rings is 1. The summed E-state index contributed by atoms with van der Waals surface area (Å²) in [6.07, 6.45) is 10.9. The zero-order chi connectivity index (χ0) is 23.7. The van der Waals surface area contributed by atoms with E-state index in [1.807, 2.05) is 0 Å². The van der Waals surface area contributed by atoms with Gasteiger partial charge in [0.25, 0.3) is 0 Å². The van der Waals surface area contributed by atoms with Crippen molar-refractivity contribution >= 4 is 38.4 Å². The molecular formula is C25H26ClN5O2S. The fourth-order valence-corrected chi connectivity index (χ4v) is 6.60. The van der Waals surface area contributed by atoms with Crippen molar-refractivity contribution in [2.24, 2.45) is 5.92 Å². The van der Waals surface area contributed by atoms with Gasteiger partial charge in [0.1, 0.15) is 10.9 Å². The third kappa shape index (κ3) is 4.52. The van der Waals surface area contributed by atoms with Crippen LogP contribution in [0.1, 0.15) is 49.0 Å². The van der Waals surface area contributed by atoms with Gasteiger partial charge < -0.3 is 10.3 Å². The number of H-pyrrole nitrogens is 1. The maximum absolute atomic E-state index is 13.9. The minimum Gasteiger partial charge on any atom is -0.351 e. The summed E-state index contributed by atoms with van der Waals surface area (Å²) in [5.74, 6) is 1.27. The van der Waals surface area contributed by atoms with E-state index in [2.05, 4.69) is 32.2 Å². The Labute approximate surface area is 203 Å². The average Bonchev–Trinajstić information content (AvgIpc) is 3.25. The van der Waals surface area contributed by atoms with Gasteiger partial charge in [-0.05, 0) is 49.8 Å². The van der Waals surface area contributed by atoms with Crippen LogP contribution < -0.4 is 5.32 Å². The number of fused-ring (bicyclic) bond motifs is 1. The molecule has 1 aromatic carbocycles. The van der Waals surface area contributed by atoms with Crippen molar-refractivity contribution in [3.05, 3.63) is 77.3 Å². The molecule has 0 saturated heterocycles. The summed E-state index contributed by atoms with van der Waals surface area (Å²) >= 11 is 6.19. The highest BCUT2D eigenvalue weighted by Crippen LogP contribution is 2.38. The topological polar surface area (TPSA) is 101 Å². The molecule has 1 aliphatic carbocycles. The molecule has 0 bridgehead atoms. The molecule has 1 unspecified atom stereocenters. The lowest BCUT2D eigenvalue weighted by Crippen LogP contribution is -2.26. The fourth-order valence-electron chi connectivity index (χ4n) is 4.62. The molecule has 1 atom stereocenters. The van der Waals surface area contributed by atoms with Gasteiger partial charge in [-0.2, -0.15) is 0 Å². The van der Waals surface area contributed by atoms with Crippen LogP contribution in [0.4, 0.5) is 5.95 Å². The van der Waals surface area contributed by atoms with Crippen LogP contribution in [0.3, 0.4) is 0 Å². The number of hydrogen-bond acceptors (Lipinski definition) is 6. The SMILES string of the molecule is CC1CCC(Nc2ncc(C(c3c[nH]c4ncc(Cl)cc34)S(=O)(=O)c3ccccc3)cn2)CC1. The van der Waals surface area contributed by atoms with Gasteiger partial charge in [0, 0.05) is 47.3 Å². The molecule has 3 heterocycles. The highest BCUT2D eigenvalue weighted by atomic mass is 35.5. The van der Waals surface area contributed by atoms with Gasteiger partial charge in [0.2, 0.25) is 5.95 Å². The lowest BCUT2D eigenvalue weighted by Gasteiger charge is -2.27. The van der Waals surface area contributed by atoms with Crippen molar-refractivity contribution in [3.8, 4) is 0 Å². The van der Waals surface area contributed by atoms with Gasteiger partial charge in [-0.15, -0.1) is 0 Å². The van der Waals surface area contributed by atoms with E-state index in [0.717, 1.165) is 18.8 Å². The molecule has 7 nitrogen and oxygen atoms in total. The zero-order valence-electron chi connectivity index (χ0n) is 18.8. The first kappa shape index (κ1) is 22.8.